The molecule has 1 aromatic rings. The number of phenolic OH excluding ortho intramolecular Hbond substituents is 1. The Morgan fingerprint density at radius 1 is 1.30 bits per heavy atom. The summed E-state index contributed by atoms with van der Waals surface area (Å²) >= 11 is 12.0. The van der Waals surface area contributed by atoms with Crippen LogP contribution in [0.15, 0.2) is 12.1 Å². The van der Waals surface area contributed by atoms with Gasteiger partial charge in [-0.1, -0.05) is 23.2 Å². The van der Waals surface area contributed by atoms with E-state index >= 15 is 0 Å². The molecule has 0 saturated carbocycles. The summed E-state index contributed by atoms with van der Waals surface area (Å²) in [5.41, 5.74) is 6.94. The quantitative estimate of drug-likeness (QED) is 0.693. The summed E-state index contributed by atoms with van der Waals surface area (Å²) in [6.07, 6.45) is 1.46. The Kier molecular flexibility index (Phi) is 6.15. The number of nitrogens with two attached hydrogens (primary N) is 1. The van der Waals surface area contributed by atoms with Crippen molar-refractivity contribution >= 4 is 35.0 Å². The van der Waals surface area contributed by atoms with E-state index in [4.69, 9.17) is 28.9 Å². The molecule has 2 fully saturated rings. The molecule has 0 radical (unpaired) electrons. The minimum Gasteiger partial charge on any atom is -0.508 e. The number of halogens is 2. The summed E-state index contributed by atoms with van der Waals surface area (Å²) in [6, 6.07) is 2.27. The second kappa shape index (κ2) is 8.22. The molecular formula is C18H24Cl2N4O3. The molecule has 2 aliphatic rings. The average Bonchev–Trinajstić information content (AvgIpc) is 2.66. The minimum absolute atomic E-state index is 0.00911. The van der Waals surface area contributed by atoms with E-state index in [-0.39, 0.29) is 47.1 Å². The third-order valence-electron chi connectivity index (χ3n) is 5.47. The van der Waals surface area contributed by atoms with Crippen LogP contribution in [-0.2, 0) is 9.59 Å². The lowest BCUT2D eigenvalue weighted by molar-refractivity contribution is -0.140. The van der Waals surface area contributed by atoms with Crippen molar-refractivity contribution in [1.29, 1.82) is 0 Å². The monoisotopic (exact) mass is 414 g/mol. The smallest absolute Gasteiger partial charge is 0.241 e. The second-order valence-corrected chi connectivity index (χ2v) is 8.04. The lowest BCUT2D eigenvalue weighted by Gasteiger charge is -2.38. The summed E-state index contributed by atoms with van der Waals surface area (Å²) in [6.45, 7) is 1.75. The van der Waals surface area contributed by atoms with Crippen LogP contribution in [0.1, 0.15) is 24.4 Å². The molecule has 3 rings (SSSR count). The van der Waals surface area contributed by atoms with Crippen molar-refractivity contribution in [2.45, 2.75) is 24.9 Å². The van der Waals surface area contributed by atoms with Gasteiger partial charge in [-0.25, -0.2) is 0 Å². The number of likely N-dealkylation sites (tertiary alicyclic amines) is 1. The SMILES string of the molecule is CN1CC(C(=O)N2CCC(C(N)c3cc(Cl)c(Cl)cc3O)CC2)NCC1=O. The van der Waals surface area contributed by atoms with Crippen LogP contribution in [0.2, 0.25) is 10.0 Å². The number of piperazine rings is 1. The summed E-state index contributed by atoms with van der Waals surface area (Å²) in [7, 11) is 1.71. The van der Waals surface area contributed by atoms with E-state index in [2.05, 4.69) is 5.32 Å². The first-order chi connectivity index (χ1) is 12.8. The predicted octanol–water partition coefficient (Wildman–Crippen LogP) is 1.37. The van der Waals surface area contributed by atoms with Crippen molar-refractivity contribution in [2.75, 3.05) is 33.2 Å². The van der Waals surface area contributed by atoms with Crippen molar-refractivity contribution < 1.29 is 14.7 Å². The molecule has 2 heterocycles. The topological polar surface area (TPSA) is 98.9 Å². The average molecular weight is 415 g/mol. The van der Waals surface area contributed by atoms with Gasteiger partial charge >= 0.3 is 0 Å². The van der Waals surface area contributed by atoms with Crippen LogP contribution in [0.3, 0.4) is 0 Å². The van der Waals surface area contributed by atoms with Gasteiger partial charge < -0.3 is 20.6 Å². The van der Waals surface area contributed by atoms with Gasteiger partial charge in [0.15, 0.2) is 0 Å². The van der Waals surface area contributed by atoms with Crippen molar-refractivity contribution in [1.82, 2.24) is 15.1 Å². The van der Waals surface area contributed by atoms with Crippen molar-refractivity contribution in [3.63, 3.8) is 0 Å². The molecule has 2 atom stereocenters. The molecule has 0 aromatic heterocycles. The fourth-order valence-electron chi connectivity index (χ4n) is 3.72. The molecule has 2 aliphatic heterocycles. The molecule has 1 aromatic carbocycles. The molecule has 27 heavy (non-hydrogen) atoms. The normalized spacial score (nSPS) is 22.8. The Bertz CT molecular complexity index is 738. The number of carbonyl (C=O) groups is 2. The number of hydrogen-bond acceptors (Lipinski definition) is 5. The van der Waals surface area contributed by atoms with Crippen LogP contribution in [0.4, 0.5) is 0 Å². The maximum Gasteiger partial charge on any atom is 0.241 e. The number of nitrogens with zero attached hydrogens (tertiary/aromatic N) is 2. The Balaban J connectivity index is 1.59. The second-order valence-electron chi connectivity index (χ2n) is 7.22. The van der Waals surface area contributed by atoms with Crippen LogP contribution in [-0.4, -0.2) is 66.0 Å². The maximum atomic E-state index is 12.7. The first-order valence-electron chi connectivity index (χ1n) is 8.97. The van der Waals surface area contributed by atoms with E-state index in [1.54, 1.807) is 18.0 Å². The zero-order chi connectivity index (χ0) is 19.7. The number of amides is 2. The van der Waals surface area contributed by atoms with E-state index in [1.807, 2.05) is 4.90 Å². The highest BCUT2D eigenvalue weighted by Crippen LogP contribution is 2.37. The van der Waals surface area contributed by atoms with E-state index in [9.17, 15) is 14.7 Å². The Hall–Kier alpha value is -1.54. The molecular weight excluding hydrogens is 391 g/mol. The molecule has 2 amide bonds. The highest BCUT2D eigenvalue weighted by Gasteiger charge is 2.34. The largest absolute Gasteiger partial charge is 0.508 e. The Morgan fingerprint density at radius 3 is 2.56 bits per heavy atom. The summed E-state index contributed by atoms with van der Waals surface area (Å²) in [5.74, 6) is 0.166. The Labute approximate surface area is 168 Å². The number of carbonyl (C=O) groups excluding carboxylic acids is 2. The van der Waals surface area contributed by atoms with Crippen molar-refractivity contribution in [2.24, 2.45) is 11.7 Å². The van der Waals surface area contributed by atoms with Gasteiger partial charge in [-0.3, -0.25) is 14.9 Å². The number of hydrogen-bond donors (Lipinski definition) is 3. The number of phenols is 1. The highest BCUT2D eigenvalue weighted by molar-refractivity contribution is 6.42. The number of rotatable bonds is 3. The number of nitrogens with one attached hydrogen (secondary N) is 1. The fraction of sp³-hybridized carbons (Fsp3) is 0.556. The zero-order valence-electron chi connectivity index (χ0n) is 15.1. The first kappa shape index (κ1) is 20.2. The summed E-state index contributed by atoms with van der Waals surface area (Å²) in [4.78, 5) is 27.7. The van der Waals surface area contributed by atoms with Crippen molar-refractivity contribution in [3.05, 3.63) is 27.7 Å². The molecule has 2 saturated heterocycles. The minimum atomic E-state index is -0.381. The lowest BCUT2D eigenvalue weighted by Crippen LogP contribution is -2.59. The molecule has 7 nitrogen and oxygen atoms in total. The first-order valence-corrected chi connectivity index (χ1v) is 9.73. The zero-order valence-corrected chi connectivity index (χ0v) is 16.6. The summed E-state index contributed by atoms with van der Waals surface area (Å²) < 4.78 is 0. The number of likely N-dealkylation sites (N-methyl/N-ethyl adjacent to an activating group) is 1. The van der Waals surface area contributed by atoms with Gasteiger partial charge in [0, 0.05) is 44.4 Å². The van der Waals surface area contributed by atoms with E-state index in [1.165, 1.54) is 6.07 Å². The van der Waals surface area contributed by atoms with Gasteiger partial charge in [-0.05, 0) is 24.8 Å². The highest BCUT2D eigenvalue weighted by atomic mass is 35.5. The molecule has 9 heteroatoms. The molecule has 0 aliphatic carbocycles. The molecule has 4 N–H and O–H groups in total. The van der Waals surface area contributed by atoms with Crippen LogP contribution in [0.25, 0.3) is 0 Å². The molecule has 0 spiro atoms. The molecule has 0 bridgehead atoms. The standard InChI is InChI=1S/C18H24Cl2N4O3/c1-23-9-14(22-8-16(23)26)18(27)24-4-2-10(3-5-24)17(21)11-6-12(19)13(20)7-15(11)25/h6-7,10,14,17,22,25H,2-5,8-9,21H2,1H3. The van der Waals surface area contributed by atoms with Crippen LogP contribution >= 0.6 is 23.2 Å². The molecule has 148 valence electrons. The lowest BCUT2D eigenvalue weighted by atomic mass is 9.85. The van der Waals surface area contributed by atoms with Gasteiger partial charge in [-0.15, -0.1) is 0 Å². The van der Waals surface area contributed by atoms with Crippen LogP contribution < -0.4 is 11.1 Å². The van der Waals surface area contributed by atoms with Crippen LogP contribution in [0.5, 0.6) is 5.75 Å². The van der Waals surface area contributed by atoms with Crippen molar-refractivity contribution in [3.8, 4) is 5.75 Å². The van der Waals surface area contributed by atoms with Crippen LogP contribution in [0, 0.1) is 5.92 Å². The third kappa shape index (κ3) is 4.32. The van der Waals surface area contributed by atoms with Gasteiger partial charge in [0.2, 0.25) is 11.8 Å². The van der Waals surface area contributed by atoms with E-state index in [0.29, 0.717) is 30.2 Å². The third-order valence-corrected chi connectivity index (χ3v) is 6.19. The van der Waals surface area contributed by atoms with Gasteiger partial charge in [0.1, 0.15) is 11.8 Å². The number of aromatic hydroxyl groups is 1. The number of benzene rings is 1. The Morgan fingerprint density at radius 2 is 1.93 bits per heavy atom. The molecule has 2 unspecified atom stereocenters. The number of piperidine rings is 1. The van der Waals surface area contributed by atoms with Gasteiger partial charge in [0.25, 0.3) is 0 Å². The van der Waals surface area contributed by atoms with Gasteiger partial charge in [-0.2, -0.15) is 0 Å². The predicted molar refractivity (Wildman–Crippen MR) is 104 cm³/mol. The fourth-order valence-corrected chi connectivity index (χ4v) is 4.05. The van der Waals surface area contributed by atoms with E-state index in [0.717, 1.165) is 12.8 Å². The van der Waals surface area contributed by atoms with E-state index < -0.39 is 0 Å². The maximum absolute atomic E-state index is 12.7. The van der Waals surface area contributed by atoms with Gasteiger partial charge in [0.05, 0.1) is 16.6 Å². The summed E-state index contributed by atoms with van der Waals surface area (Å²) in [5, 5.41) is 13.8.